The van der Waals surface area contributed by atoms with Crippen LogP contribution in [0.2, 0.25) is 0 Å². The lowest BCUT2D eigenvalue weighted by Gasteiger charge is -2.27. The van der Waals surface area contributed by atoms with E-state index in [1.54, 1.807) is 0 Å². The molecule has 0 aromatic heterocycles. The minimum atomic E-state index is 1.08. The van der Waals surface area contributed by atoms with Crippen molar-refractivity contribution in [1.82, 2.24) is 0 Å². The van der Waals surface area contributed by atoms with Crippen molar-refractivity contribution in [2.24, 2.45) is 0 Å². The second-order valence-electron chi connectivity index (χ2n) is 14.6. The number of hydrogen-bond acceptors (Lipinski definition) is 1. The maximum absolute atomic E-state index is 4.02. The second kappa shape index (κ2) is 16.3. The number of benzene rings is 9. The fraction of sp³-hybridized carbons (Fsp3) is 0.0175. The highest BCUT2D eigenvalue weighted by molar-refractivity contribution is 5.91. The molecule has 0 aliphatic carbocycles. The summed E-state index contributed by atoms with van der Waals surface area (Å²) in [6, 6.07) is 76.9. The van der Waals surface area contributed by atoms with Crippen LogP contribution in [-0.4, -0.2) is 0 Å². The largest absolute Gasteiger partial charge is 0.310 e. The smallest absolute Gasteiger partial charge is 0.0468 e. The highest BCUT2D eigenvalue weighted by atomic mass is 15.1. The second-order valence-corrected chi connectivity index (χ2v) is 14.6. The van der Waals surface area contributed by atoms with Crippen LogP contribution in [0.4, 0.5) is 17.1 Å². The molecule has 1 nitrogen and oxygen atoms in total. The van der Waals surface area contributed by atoms with Gasteiger partial charge >= 0.3 is 0 Å². The first-order valence-corrected chi connectivity index (χ1v) is 19.9. The molecule has 0 spiro atoms. The maximum atomic E-state index is 4.02. The molecule has 1 heteroatoms. The van der Waals surface area contributed by atoms with Crippen LogP contribution in [0.1, 0.15) is 18.1 Å². The summed E-state index contributed by atoms with van der Waals surface area (Å²) < 4.78 is 0. The molecule has 0 aliphatic rings. The number of anilines is 3. The maximum Gasteiger partial charge on any atom is 0.0468 e. The Bertz CT molecular complexity index is 2870. The molecule has 276 valence electrons. The predicted molar refractivity (Wildman–Crippen MR) is 251 cm³/mol. The van der Waals surface area contributed by atoms with Crippen molar-refractivity contribution in [3.8, 4) is 55.6 Å². The molecular weight excluding hydrogens is 699 g/mol. The molecule has 9 rings (SSSR count). The SMILES string of the molecule is C=Cc1ccc(-c2ccc(-c3cc(N(c4ccc(-c5ccccc5)cc4)c4ccc(-c5ccc6ccccc6c5)cc4)ccc3-c3ccccc3)cc2)cc1/C=C\C. The molecule has 0 N–H and O–H groups in total. The minimum absolute atomic E-state index is 1.08. The van der Waals surface area contributed by atoms with E-state index in [1.807, 2.05) is 6.08 Å². The zero-order chi connectivity index (χ0) is 39.3. The van der Waals surface area contributed by atoms with Crippen molar-refractivity contribution >= 4 is 40.0 Å². The van der Waals surface area contributed by atoms with Crippen LogP contribution in [0.15, 0.2) is 225 Å². The lowest BCUT2D eigenvalue weighted by molar-refractivity contribution is 1.28. The minimum Gasteiger partial charge on any atom is -0.310 e. The monoisotopic (exact) mass is 741 g/mol. The van der Waals surface area contributed by atoms with Crippen LogP contribution in [0, 0.1) is 0 Å². The molecule has 0 atom stereocenters. The Kier molecular flexibility index (Phi) is 10.2. The topological polar surface area (TPSA) is 3.24 Å². The van der Waals surface area contributed by atoms with Crippen molar-refractivity contribution in [2.45, 2.75) is 6.92 Å². The van der Waals surface area contributed by atoms with Gasteiger partial charge in [0.25, 0.3) is 0 Å². The highest BCUT2D eigenvalue weighted by Gasteiger charge is 2.17. The van der Waals surface area contributed by atoms with Gasteiger partial charge in [-0.1, -0.05) is 189 Å². The molecule has 9 aromatic carbocycles. The van der Waals surface area contributed by atoms with E-state index in [1.165, 1.54) is 66.4 Å². The van der Waals surface area contributed by atoms with Gasteiger partial charge in [0, 0.05) is 17.1 Å². The van der Waals surface area contributed by atoms with Gasteiger partial charge in [-0.3, -0.25) is 0 Å². The molecule has 0 radical (unpaired) electrons. The molecule has 0 unspecified atom stereocenters. The zero-order valence-corrected chi connectivity index (χ0v) is 32.6. The molecule has 0 saturated heterocycles. The van der Waals surface area contributed by atoms with Gasteiger partial charge in [0.1, 0.15) is 0 Å². The van der Waals surface area contributed by atoms with Gasteiger partial charge in [-0.05, 0) is 133 Å². The Morgan fingerprint density at radius 2 is 0.810 bits per heavy atom. The van der Waals surface area contributed by atoms with E-state index in [9.17, 15) is 0 Å². The summed E-state index contributed by atoms with van der Waals surface area (Å²) >= 11 is 0. The van der Waals surface area contributed by atoms with Crippen LogP contribution >= 0.6 is 0 Å². The molecule has 58 heavy (non-hydrogen) atoms. The third-order valence-corrected chi connectivity index (χ3v) is 11.0. The summed E-state index contributed by atoms with van der Waals surface area (Å²) in [4.78, 5) is 2.37. The Morgan fingerprint density at radius 1 is 0.345 bits per heavy atom. The summed E-state index contributed by atoms with van der Waals surface area (Å²) in [7, 11) is 0. The van der Waals surface area contributed by atoms with Gasteiger partial charge in [0.05, 0.1) is 0 Å². The van der Waals surface area contributed by atoms with Crippen molar-refractivity contribution < 1.29 is 0 Å². The number of allylic oxidation sites excluding steroid dienone is 1. The molecule has 9 aromatic rings. The standard InChI is InChI=1S/C57H43N/c1-3-13-49-38-51(26-20-41(49)4-2)45-21-24-48(25-22-45)57-40-55(36-37-56(57)47-17-9-6-10-18-47)58(53-32-28-44(29-33-53)42-14-7-5-8-15-42)54-34-30-46(31-35-54)52-27-23-43-16-11-12-19-50(43)39-52/h3-40H,2H2,1H3/b13-3-. The van der Waals surface area contributed by atoms with E-state index in [-0.39, 0.29) is 0 Å². The van der Waals surface area contributed by atoms with E-state index < -0.39 is 0 Å². The third kappa shape index (κ3) is 7.42. The van der Waals surface area contributed by atoms with Gasteiger partial charge in [-0.25, -0.2) is 0 Å². The van der Waals surface area contributed by atoms with E-state index in [2.05, 4.69) is 243 Å². The van der Waals surface area contributed by atoms with Gasteiger partial charge in [0.2, 0.25) is 0 Å². The molecular formula is C57H43N. The fourth-order valence-electron chi connectivity index (χ4n) is 7.94. The normalized spacial score (nSPS) is 11.2. The summed E-state index contributed by atoms with van der Waals surface area (Å²) in [5, 5.41) is 2.49. The summed E-state index contributed by atoms with van der Waals surface area (Å²) in [6.45, 7) is 6.07. The van der Waals surface area contributed by atoms with Crippen molar-refractivity contribution in [1.29, 1.82) is 0 Å². The number of rotatable bonds is 10. The summed E-state index contributed by atoms with van der Waals surface area (Å²) in [6.07, 6.45) is 6.14. The Morgan fingerprint density at radius 3 is 1.45 bits per heavy atom. The van der Waals surface area contributed by atoms with Crippen LogP contribution in [0.25, 0.3) is 78.6 Å². The van der Waals surface area contributed by atoms with Crippen molar-refractivity contribution in [2.75, 3.05) is 4.90 Å². The molecule has 0 bridgehead atoms. The van der Waals surface area contributed by atoms with Crippen LogP contribution in [0.3, 0.4) is 0 Å². The number of fused-ring (bicyclic) bond motifs is 1. The summed E-state index contributed by atoms with van der Waals surface area (Å²) in [5.41, 5.74) is 17.4. The quantitative estimate of drug-likeness (QED) is 0.135. The van der Waals surface area contributed by atoms with E-state index in [0.717, 1.165) is 28.2 Å². The van der Waals surface area contributed by atoms with Gasteiger partial charge in [0.15, 0.2) is 0 Å². The fourth-order valence-corrected chi connectivity index (χ4v) is 7.94. The van der Waals surface area contributed by atoms with Crippen LogP contribution < -0.4 is 4.90 Å². The first-order valence-electron chi connectivity index (χ1n) is 19.9. The third-order valence-electron chi connectivity index (χ3n) is 11.0. The van der Waals surface area contributed by atoms with Crippen molar-refractivity contribution in [3.05, 3.63) is 236 Å². The van der Waals surface area contributed by atoms with Crippen LogP contribution in [0.5, 0.6) is 0 Å². The highest BCUT2D eigenvalue weighted by Crippen LogP contribution is 2.42. The average molecular weight is 742 g/mol. The van der Waals surface area contributed by atoms with Gasteiger partial charge in [-0.15, -0.1) is 0 Å². The molecule has 0 amide bonds. The Balaban J connectivity index is 1.15. The van der Waals surface area contributed by atoms with Gasteiger partial charge < -0.3 is 4.90 Å². The Hall–Kier alpha value is -7.48. The lowest BCUT2D eigenvalue weighted by Crippen LogP contribution is -2.10. The number of nitrogens with zero attached hydrogens (tertiary/aromatic N) is 1. The van der Waals surface area contributed by atoms with E-state index in [0.29, 0.717) is 0 Å². The van der Waals surface area contributed by atoms with E-state index in [4.69, 9.17) is 0 Å². The van der Waals surface area contributed by atoms with Gasteiger partial charge in [-0.2, -0.15) is 0 Å². The first-order chi connectivity index (χ1) is 28.6. The lowest BCUT2D eigenvalue weighted by atomic mass is 9.92. The molecule has 0 heterocycles. The summed E-state index contributed by atoms with van der Waals surface area (Å²) in [5.74, 6) is 0. The Labute approximate surface area is 342 Å². The average Bonchev–Trinajstić information content (AvgIpc) is 3.30. The van der Waals surface area contributed by atoms with Crippen molar-refractivity contribution in [3.63, 3.8) is 0 Å². The zero-order valence-electron chi connectivity index (χ0n) is 32.6. The number of hydrogen-bond donors (Lipinski definition) is 0. The molecule has 0 aliphatic heterocycles. The van der Waals surface area contributed by atoms with E-state index >= 15 is 0 Å². The first kappa shape index (κ1) is 36.2. The predicted octanol–water partition coefficient (Wildman–Crippen LogP) is 16.3. The molecule has 0 saturated carbocycles. The van der Waals surface area contributed by atoms with Crippen LogP contribution in [-0.2, 0) is 0 Å². The molecule has 0 fully saturated rings.